The summed E-state index contributed by atoms with van der Waals surface area (Å²) in [7, 11) is 0. The Hall–Kier alpha value is -4.10. The predicted molar refractivity (Wildman–Crippen MR) is 129 cm³/mol. The molecular formula is C26H21ClN2O5. The lowest BCUT2D eigenvalue weighted by molar-refractivity contribution is -0.122. The molecule has 0 unspecified atom stereocenters. The summed E-state index contributed by atoms with van der Waals surface area (Å²) in [5.41, 5.74) is 1.87. The summed E-state index contributed by atoms with van der Waals surface area (Å²) in [5.74, 6) is -0.0713. The minimum Gasteiger partial charge on any atom is -0.490 e. The summed E-state index contributed by atoms with van der Waals surface area (Å²) in [6, 6.07) is 20.0. The van der Waals surface area contributed by atoms with E-state index in [-0.39, 0.29) is 5.57 Å². The van der Waals surface area contributed by atoms with Crippen LogP contribution in [-0.2, 0) is 9.59 Å². The van der Waals surface area contributed by atoms with Crippen LogP contribution in [-0.4, -0.2) is 31.1 Å². The van der Waals surface area contributed by atoms with Gasteiger partial charge in [-0.25, -0.2) is 9.69 Å². The maximum atomic E-state index is 12.9. The lowest BCUT2D eigenvalue weighted by Gasteiger charge is -2.26. The van der Waals surface area contributed by atoms with E-state index < -0.39 is 17.8 Å². The van der Waals surface area contributed by atoms with Gasteiger partial charge in [0.2, 0.25) is 0 Å². The average Bonchev–Trinajstić information content (AvgIpc) is 2.81. The molecule has 4 rings (SSSR count). The number of hydrogen-bond donors (Lipinski definition) is 1. The Kier molecular flexibility index (Phi) is 6.94. The number of ether oxygens (including phenoxy) is 2. The first-order valence-corrected chi connectivity index (χ1v) is 10.9. The second kappa shape index (κ2) is 10.2. The molecule has 4 amide bonds. The van der Waals surface area contributed by atoms with Gasteiger partial charge in [-0.3, -0.25) is 14.9 Å². The fourth-order valence-electron chi connectivity index (χ4n) is 3.33. The van der Waals surface area contributed by atoms with Crippen LogP contribution >= 0.6 is 11.6 Å². The number of nitrogens with zero attached hydrogens (tertiary/aromatic N) is 1. The van der Waals surface area contributed by atoms with E-state index in [0.29, 0.717) is 35.2 Å². The van der Waals surface area contributed by atoms with Crippen molar-refractivity contribution in [2.45, 2.75) is 6.92 Å². The van der Waals surface area contributed by atoms with Crippen molar-refractivity contribution in [2.24, 2.45) is 0 Å². The van der Waals surface area contributed by atoms with E-state index in [1.165, 1.54) is 18.2 Å². The average molecular weight is 477 g/mol. The number of amides is 4. The van der Waals surface area contributed by atoms with Gasteiger partial charge in [0, 0.05) is 5.02 Å². The van der Waals surface area contributed by atoms with Crippen LogP contribution in [0.15, 0.2) is 78.4 Å². The number of aryl methyl sites for hydroxylation is 1. The molecule has 1 aliphatic rings. The molecule has 34 heavy (non-hydrogen) atoms. The van der Waals surface area contributed by atoms with Gasteiger partial charge in [-0.1, -0.05) is 35.9 Å². The number of benzene rings is 3. The van der Waals surface area contributed by atoms with Crippen molar-refractivity contribution in [1.82, 2.24) is 5.32 Å². The maximum absolute atomic E-state index is 12.9. The molecule has 3 aromatic carbocycles. The highest BCUT2D eigenvalue weighted by Gasteiger charge is 2.36. The van der Waals surface area contributed by atoms with Crippen LogP contribution in [0, 0.1) is 6.92 Å². The van der Waals surface area contributed by atoms with E-state index in [2.05, 4.69) is 5.32 Å². The first-order valence-electron chi connectivity index (χ1n) is 10.5. The van der Waals surface area contributed by atoms with Gasteiger partial charge in [0.25, 0.3) is 11.8 Å². The van der Waals surface area contributed by atoms with Crippen molar-refractivity contribution in [3.05, 3.63) is 94.5 Å². The minimum absolute atomic E-state index is 0.158. The lowest BCUT2D eigenvalue weighted by atomic mass is 10.1. The number of carbonyl (C=O) groups is 3. The number of imide groups is 2. The number of carbonyl (C=O) groups excluding carboxylic acids is 3. The van der Waals surface area contributed by atoms with Crippen LogP contribution < -0.4 is 19.7 Å². The molecule has 8 heteroatoms. The van der Waals surface area contributed by atoms with Gasteiger partial charge in [0.15, 0.2) is 0 Å². The van der Waals surface area contributed by atoms with Gasteiger partial charge in [0.1, 0.15) is 30.3 Å². The Morgan fingerprint density at radius 3 is 2.24 bits per heavy atom. The number of hydrogen-bond acceptors (Lipinski definition) is 5. The quantitative estimate of drug-likeness (QED) is 0.301. The normalized spacial score (nSPS) is 14.8. The van der Waals surface area contributed by atoms with Crippen LogP contribution in [0.4, 0.5) is 10.5 Å². The fraction of sp³-hybridized carbons (Fsp3) is 0.115. The second-order valence-corrected chi connectivity index (χ2v) is 7.95. The van der Waals surface area contributed by atoms with E-state index in [4.69, 9.17) is 21.1 Å². The summed E-state index contributed by atoms with van der Waals surface area (Å²) in [5, 5.41) is 2.66. The SMILES string of the molecule is Cc1cccc(OCCOc2ccc(C=C3C(=O)NC(=O)N(c4ccc(Cl)cc4)C3=O)cc2)c1. The summed E-state index contributed by atoms with van der Waals surface area (Å²) in [6.07, 6.45) is 1.43. The molecule has 0 radical (unpaired) electrons. The molecule has 1 fully saturated rings. The number of nitrogens with one attached hydrogen (secondary N) is 1. The van der Waals surface area contributed by atoms with Gasteiger partial charge in [0.05, 0.1) is 5.69 Å². The highest BCUT2D eigenvalue weighted by molar-refractivity contribution is 6.39. The Labute approximate surface area is 201 Å². The zero-order valence-electron chi connectivity index (χ0n) is 18.3. The van der Waals surface area contributed by atoms with Gasteiger partial charge >= 0.3 is 6.03 Å². The van der Waals surface area contributed by atoms with Crippen LogP contribution in [0.5, 0.6) is 11.5 Å². The highest BCUT2D eigenvalue weighted by Crippen LogP contribution is 2.24. The molecule has 7 nitrogen and oxygen atoms in total. The zero-order chi connectivity index (χ0) is 24.1. The Morgan fingerprint density at radius 1 is 0.882 bits per heavy atom. The van der Waals surface area contributed by atoms with Crippen molar-refractivity contribution in [2.75, 3.05) is 18.1 Å². The molecule has 1 aliphatic heterocycles. The van der Waals surface area contributed by atoms with E-state index >= 15 is 0 Å². The Balaban J connectivity index is 1.40. The molecule has 0 aliphatic carbocycles. The standard InChI is InChI=1S/C26H21ClN2O5/c1-17-3-2-4-22(15-17)34-14-13-33-21-11-5-18(6-12-21)16-23-24(30)28-26(32)29(25(23)31)20-9-7-19(27)8-10-20/h2-12,15-16H,13-14H2,1H3,(H,28,30,32). The monoisotopic (exact) mass is 476 g/mol. The van der Waals surface area contributed by atoms with Gasteiger partial charge in [-0.2, -0.15) is 0 Å². The third-order valence-electron chi connectivity index (χ3n) is 4.99. The molecule has 0 atom stereocenters. The summed E-state index contributed by atoms with van der Waals surface area (Å²) < 4.78 is 11.4. The first kappa shape index (κ1) is 23.1. The largest absolute Gasteiger partial charge is 0.490 e. The zero-order valence-corrected chi connectivity index (χ0v) is 19.0. The van der Waals surface area contributed by atoms with Gasteiger partial charge in [-0.05, 0) is 72.7 Å². The van der Waals surface area contributed by atoms with Crippen molar-refractivity contribution >= 4 is 41.2 Å². The maximum Gasteiger partial charge on any atom is 0.335 e. The Bertz CT molecular complexity index is 1250. The van der Waals surface area contributed by atoms with Crippen LogP contribution in [0.1, 0.15) is 11.1 Å². The van der Waals surface area contributed by atoms with Crippen LogP contribution in [0.2, 0.25) is 5.02 Å². The van der Waals surface area contributed by atoms with Gasteiger partial charge < -0.3 is 9.47 Å². The van der Waals surface area contributed by atoms with Crippen molar-refractivity contribution in [1.29, 1.82) is 0 Å². The fourth-order valence-corrected chi connectivity index (χ4v) is 3.46. The van der Waals surface area contributed by atoms with Crippen molar-refractivity contribution in [3.63, 3.8) is 0 Å². The number of urea groups is 1. The molecule has 0 aromatic heterocycles. The molecule has 1 heterocycles. The summed E-state index contributed by atoms with van der Waals surface area (Å²) in [4.78, 5) is 38.4. The van der Waals surface area contributed by atoms with E-state index in [0.717, 1.165) is 16.2 Å². The number of rotatable bonds is 7. The second-order valence-electron chi connectivity index (χ2n) is 7.52. The topological polar surface area (TPSA) is 84.9 Å². The minimum atomic E-state index is -0.814. The van der Waals surface area contributed by atoms with Crippen molar-refractivity contribution < 1.29 is 23.9 Å². The third-order valence-corrected chi connectivity index (χ3v) is 5.24. The lowest BCUT2D eigenvalue weighted by Crippen LogP contribution is -2.54. The molecule has 1 saturated heterocycles. The molecule has 3 aromatic rings. The third kappa shape index (κ3) is 5.44. The summed E-state index contributed by atoms with van der Waals surface area (Å²) in [6.45, 7) is 2.74. The number of barbiturate groups is 1. The molecule has 1 N–H and O–H groups in total. The predicted octanol–water partition coefficient (Wildman–Crippen LogP) is 4.77. The van der Waals surface area contributed by atoms with Crippen LogP contribution in [0.3, 0.4) is 0 Å². The highest BCUT2D eigenvalue weighted by atomic mass is 35.5. The summed E-state index contributed by atoms with van der Waals surface area (Å²) >= 11 is 5.88. The number of halogens is 1. The van der Waals surface area contributed by atoms with E-state index in [1.807, 2.05) is 31.2 Å². The van der Waals surface area contributed by atoms with Gasteiger partial charge in [-0.15, -0.1) is 0 Å². The number of anilines is 1. The van der Waals surface area contributed by atoms with Crippen LogP contribution in [0.25, 0.3) is 6.08 Å². The molecule has 0 bridgehead atoms. The molecular weight excluding hydrogens is 456 g/mol. The smallest absolute Gasteiger partial charge is 0.335 e. The van der Waals surface area contributed by atoms with E-state index in [9.17, 15) is 14.4 Å². The first-order chi connectivity index (χ1) is 16.4. The molecule has 0 saturated carbocycles. The Morgan fingerprint density at radius 2 is 1.56 bits per heavy atom. The van der Waals surface area contributed by atoms with E-state index in [1.54, 1.807) is 36.4 Å². The molecule has 0 spiro atoms. The van der Waals surface area contributed by atoms with Crippen molar-refractivity contribution in [3.8, 4) is 11.5 Å². The molecule has 172 valence electrons.